The predicted octanol–water partition coefficient (Wildman–Crippen LogP) is 2.83. The largest absolute Gasteiger partial charge is 0.303 e. The fraction of sp³-hybridized carbons (Fsp3) is 0.333. The molecule has 13 heavy (non-hydrogen) atoms. The Balaban J connectivity index is 4.79. The molecule has 0 unspecified atom stereocenters. The molecule has 4 heteroatoms. The Morgan fingerprint density at radius 2 is 2.00 bits per heavy atom. The van der Waals surface area contributed by atoms with E-state index in [-0.39, 0.29) is 0 Å². The normalized spacial score (nSPS) is 14.2. The van der Waals surface area contributed by atoms with Gasteiger partial charge in [-0.05, 0) is 19.2 Å². The predicted molar refractivity (Wildman–Crippen MR) is 51.6 cm³/mol. The molecule has 0 aromatic rings. The second kappa shape index (κ2) is 4.64. The van der Waals surface area contributed by atoms with E-state index >= 15 is 0 Å². The van der Waals surface area contributed by atoms with Gasteiger partial charge in [-0.25, -0.2) is 9.98 Å². The van der Waals surface area contributed by atoms with Crippen LogP contribution in [-0.4, -0.2) is 18.5 Å². The standard InChI is InChI=1S/C9H12F2N2/c1-5-7(2)6-13-8(12-4)9(3,10)11/h5-6H,1,4H2,2-3H3/b7-6+,13-8-. The number of aliphatic imine (C=N–C) groups is 2. The number of hydrogen-bond donors (Lipinski definition) is 0. The number of halogens is 2. The first kappa shape index (κ1) is 11.7. The summed E-state index contributed by atoms with van der Waals surface area (Å²) in [5.41, 5.74) is 0.686. The summed E-state index contributed by atoms with van der Waals surface area (Å²) in [5, 5.41) is 0. The first-order chi connectivity index (χ1) is 5.91. The minimum absolute atomic E-state index is 0.589. The van der Waals surface area contributed by atoms with Gasteiger partial charge >= 0.3 is 5.92 Å². The lowest BCUT2D eigenvalue weighted by Gasteiger charge is -2.07. The lowest BCUT2D eigenvalue weighted by Crippen LogP contribution is -2.21. The number of hydrogen-bond acceptors (Lipinski definition) is 1. The van der Waals surface area contributed by atoms with E-state index < -0.39 is 11.8 Å². The first-order valence-corrected chi connectivity index (χ1v) is 3.64. The summed E-state index contributed by atoms with van der Waals surface area (Å²) in [7, 11) is 0. The maximum absolute atomic E-state index is 12.6. The molecule has 0 bridgehead atoms. The van der Waals surface area contributed by atoms with Gasteiger partial charge in [0.05, 0.1) is 0 Å². The molecule has 0 aliphatic carbocycles. The Labute approximate surface area is 76.4 Å². The molecule has 0 saturated carbocycles. The summed E-state index contributed by atoms with van der Waals surface area (Å²) in [6.07, 6.45) is 2.78. The van der Waals surface area contributed by atoms with Crippen LogP contribution < -0.4 is 0 Å². The van der Waals surface area contributed by atoms with Gasteiger partial charge in [-0.15, -0.1) is 0 Å². The van der Waals surface area contributed by atoms with Gasteiger partial charge in [0, 0.05) is 13.1 Å². The highest BCUT2D eigenvalue weighted by Crippen LogP contribution is 2.15. The molecule has 0 fully saturated rings. The van der Waals surface area contributed by atoms with Gasteiger partial charge in [0.2, 0.25) is 0 Å². The van der Waals surface area contributed by atoms with Crippen LogP contribution in [0.4, 0.5) is 8.78 Å². The molecule has 0 atom stereocenters. The van der Waals surface area contributed by atoms with Crippen molar-refractivity contribution in [1.82, 2.24) is 0 Å². The molecular formula is C9H12F2N2. The van der Waals surface area contributed by atoms with Crippen LogP contribution in [-0.2, 0) is 0 Å². The zero-order valence-corrected chi connectivity index (χ0v) is 7.72. The van der Waals surface area contributed by atoms with Crippen LogP contribution in [0.3, 0.4) is 0 Å². The number of alkyl halides is 2. The second-order valence-electron chi connectivity index (χ2n) is 2.58. The number of amidine groups is 1. The second-order valence-corrected chi connectivity index (χ2v) is 2.58. The lowest BCUT2D eigenvalue weighted by molar-refractivity contribution is 0.0992. The topological polar surface area (TPSA) is 24.7 Å². The smallest absolute Gasteiger partial charge is 0.244 e. The van der Waals surface area contributed by atoms with Crippen molar-refractivity contribution in [2.45, 2.75) is 19.8 Å². The van der Waals surface area contributed by atoms with Crippen molar-refractivity contribution >= 4 is 12.6 Å². The van der Waals surface area contributed by atoms with Gasteiger partial charge < -0.3 is 0 Å². The third-order valence-corrected chi connectivity index (χ3v) is 1.25. The molecule has 0 heterocycles. The maximum Gasteiger partial charge on any atom is 0.303 e. The molecule has 0 saturated heterocycles. The molecular weight excluding hydrogens is 174 g/mol. The van der Waals surface area contributed by atoms with E-state index in [0.29, 0.717) is 5.57 Å². The van der Waals surface area contributed by atoms with Gasteiger partial charge in [0.25, 0.3) is 0 Å². The highest BCUT2D eigenvalue weighted by Gasteiger charge is 2.28. The maximum atomic E-state index is 12.6. The van der Waals surface area contributed by atoms with E-state index in [4.69, 9.17) is 0 Å². The number of allylic oxidation sites excluding steroid dienone is 2. The van der Waals surface area contributed by atoms with E-state index in [0.717, 1.165) is 6.92 Å². The average Bonchev–Trinajstić information content (AvgIpc) is 2.02. The Bertz CT molecular complexity index is 259. The fourth-order valence-corrected chi connectivity index (χ4v) is 0.509. The van der Waals surface area contributed by atoms with Crippen molar-refractivity contribution in [1.29, 1.82) is 0 Å². The minimum Gasteiger partial charge on any atom is -0.244 e. The molecule has 0 amide bonds. The molecule has 0 aliphatic rings. The van der Waals surface area contributed by atoms with Crippen molar-refractivity contribution in [2.24, 2.45) is 9.98 Å². The van der Waals surface area contributed by atoms with Crippen LogP contribution in [0, 0.1) is 0 Å². The zero-order valence-electron chi connectivity index (χ0n) is 7.72. The minimum atomic E-state index is -3.06. The van der Waals surface area contributed by atoms with Crippen molar-refractivity contribution < 1.29 is 8.78 Å². The zero-order chi connectivity index (χ0) is 10.5. The van der Waals surface area contributed by atoms with Crippen LogP contribution in [0.2, 0.25) is 0 Å². The Morgan fingerprint density at radius 1 is 1.46 bits per heavy atom. The van der Waals surface area contributed by atoms with E-state index in [1.807, 2.05) is 0 Å². The highest BCUT2D eigenvalue weighted by molar-refractivity contribution is 5.92. The van der Waals surface area contributed by atoms with Crippen molar-refractivity contribution in [3.63, 3.8) is 0 Å². The number of nitrogens with zero attached hydrogens (tertiary/aromatic N) is 2. The van der Waals surface area contributed by atoms with E-state index in [2.05, 4.69) is 23.3 Å². The lowest BCUT2D eigenvalue weighted by atomic mass is 10.3. The van der Waals surface area contributed by atoms with Crippen LogP contribution in [0.1, 0.15) is 13.8 Å². The van der Waals surface area contributed by atoms with Gasteiger partial charge in [-0.1, -0.05) is 12.7 Å². The van der Waals surface area contributed by atoms with E-state index in [9.17, 15) is 8.78 Å². The third-order valence-electron chi connectivity index (χ3n) is 1.25. The molecule has 0 aromatic carbocycles. The summed E-state index contributed by atoms with van der Waals surface area (Å²) in [5.74, 6) is -3.65. The van der Waals surface area contributed by atoms with Crippen LogP contribution in [0.25, 0.3) is 0 Å². The summed E-state index contributed by atoms with van der Waals surface area (Å²) >= 11 is 0. The summed E-state index contributed by atoms with van der Waals surface area (Å²) < 4.78 is 25.2. The van der Waals surface area contributed by atoms with Crippen LogP contribution in [0.15, 0.2) is 34.4 Å². The van der Waals surface area contributed by atoms with Gasteiger partial charge in [-0.3, -0.25) is 0 Å². The Hall–Kier alpha value is -1.32. The summed E-state index contributed by atoms with van der Waals surface area (Å²) in [4.78, 5) is 6.63. The van der Waals surface area contributed by atoms with Crippen LogP contribution >= 0.6 is 0 Å². The Kier molecular flexibility index (Phi) is 4.17. The van der Waals surface area contributed by atoms with E-state index in [1.54, 1.807) is 6.92 Å². The summed E-state index contributed by atoms with van der Waals surface area (Å²) in [6.45, 7) is 8.89. The summed E-state index contributed by atoms with van der Waals surface area (Å²) in [6, 6.07) is 0. The third kappa shape index (κ3) is 4.30. The molecule has 0 N–H and O–H groups in total. The van der Waals surface area contributed by atoms with Crippen molar-refractivity contribution in [3.05, 3.63) is 24.4 Å². The molecule has 0 rings (SSSR count). The van der Waals surface area contributed by atoms with Crippen molar-refractivity contribution in [2.75, 3.05) is 0 Å². The molecule has 0 spiro atoms. The van der Waals surface area contributed by atoms with Crippen molar-refractivity contribution in [3.8, 4) is 0 Å². The number of rotatable bonds is 3. The molecule has 0 aromatic heterocycles. The van der Waals surface area contributed by atoms with Crippen LogP contribution in [0.5, 0.6) is 0 Å². The SMILES string of the molecule is C=C/C(C)=C/N=C(\N=C)C(C)(F)F. The monoisotopic (exact) mass is 186 g/mol. The first-order valence-electron chi connectivity index (χ1n) is 3.64. The fourth-order valence-electron chi connectivity index (χ4n) is 0.509. The molecule has 0 aliphatic heterocycles. The average molecular weight is 186 g/mol. The van der Waals surface area contributed by atoms with Gasteiger partial charge in [-0.2, -0.15) is 8.78 Å². The van der Waals surface area contributed by atoms with E-state index in [1.165, 1.54) is 12.3 Å². The molecule has 0 radical (unpaired) electrons. The Morgan fingerprint density at radius 3 is 2.31 bits per heavy atom. The quantitative estimate of drug-likeness (QED) is 0.368. The molecule has 2 nitrogen and oxygen atoms in total. The highest BCUT2D eigenvalue weighted by atomic mass is 19.3. The van der Waals surface area contributed by atoms with Gasteiger partial charge in [0.1, 0.15) is 0 Å². The van der Waals surface area contributed by atoms with Gasteiger partial charge in [0.15, 0.2) is 5.84 Å². The molecule has 72 valence electrons.